The molecule has 0 aliphatic rings. The van der Waals surface area contributed by atoms with Crippen molar-refractivity contribution in [2.24, 2.45) is 0 Å². The zero-order valence-electron chi connectivity index (χ0n) is 19.5. The number of carbonyl (C=O) groups is 2. The van der Waals surface area contributed by atoms with Gasteiger partial charge >= 0.3 is 0 Å². The molecule has 1 atom stereocenters. The maximum absolute atomic E-state index is 14.0. The molecule has 176 valence electrons. The van der Waals surface area contributed by atoms with E-state index in [-0.39, 0.29) is 24.0 Å². The molecule has 1 aromatic carbocycles. The van der Waals surface area contributed by atoms with Crippen LogP contribution in [0.15, 0.2) is 40.8 Å². The fraction of sp³-hybridized carbons (Fsp3) is 0.435. The second-order valence-electron chi connectivity index (χ2n) is 8.84. The summed E-state index contributed by atoms with van der Waals surface area (Å²) in [5.41, 5.74) is -0.215. The Labute approximate surface area is 192 Å². The molecule has 2 aromatic heterocycles. The maximum atomic E-state index is 14.0. The third-order valence-electron chi connectivity index (χ3n) is 4.72. The summed E-state index contributed by atoms with van der Waals surface area (Å²) in [6.45, 7) is 9.01. The van der Waals surface area contributed by atoms with Crippen molar-refractivity contribution >= 4 is 17.5 Å². The first kappa shape index (κ1) is 24.1. The molecule has 9 nitrogen and oxygen atoms in total. The van der Waals surface area contributed by atoms with E-state index in [2.05, 4.69) is 20.7 Å². The lowest BCUT2D eigenvalue weighted by atomic mass is 10.0. The molecule has 1 N–H and O–H groups in total. The van der Waals surface area contributed by atoms with Crippen molar-refractivity contribution < 1.29 is 18.4 Å². The Morgan fingerprint density at radius 3 is 2.61 bits per heavy atom. The Bertz CT molecular complexity index is 1120. The predicted octanol–water partition coefficient (Wildman–Crippen LogP) is 3.50. The first-order valence-corrected chi connectivity index (χ1v) is 10.8. The molecule has 0 radical (unpaired) electrons. The number of aromatic nitrogens is 4. The monoisotopic (exact) mass is 456 g/mol. The number of benzene rings is 1. The Balaban J connectivity index is 1.92. The van der Waals surface area contributed by atoms with Crippen molar-refractivity contribution in [3.8, 4) is 11.6 Å². The second kappa shape index (κ2) is 9.93. The number of amides is 2. The summed E-state index contributed by atoms with van der Waals surface area (Å²) >= 11 is 0. The van der Waals surface area contributed by atoms with Crippen LogP contribution in [-0.4, -0.2) is 43.6 Å². The number of furan rings is 1. The number of aryl methyl sites for hydroxylation is 1. The smallest absolute Gasteiger partial charge is 0.251 e. The molecule has 0 bridgehead atoms. The van der Waals surface area contributed by atoms with Crippen LogP contribution in [0.5, 0.6) is 0 Å². The first-order valence-electron chi connectivity index (χ1n) is 10.8. The van der Waals surface area contributed by atoms with Gasteiger partial charge in [0.25, 0.3) is 5.91 Å². The summed E-state index contributed by atoms with van der Waals surface area (Å²) in [6, 6.07) is 8.27. The molecule has 0 spiro atoms. The number of rotatable bonds is 8. The molecule has 0 unspecified atom stereocenters. The molecule has 3 rings (SSSR count). The first-order chi connectivity index (χ1) is 15.6. The van der Waals surface area contributed by atoms with Crippen LogP contribution in [0.2, 0.25) is 0 Å². The minimum absolute atomic E-state index is 0.240. The van der Waals surface area contributed by atoms with Gasteiger partial charge in [-0.05, 0) is 69.7 Å². The topological polar surface area (TPSA) is 106 Å². The summed E-state index contributed by atoms with van der Waals surface area (Å²) in [7, 11) is 0. The lowest BCUT2D eigenvalue weighted by Gasteiger charge is -2.33. The summed E-state index contributed by atoms with van der Waals surface area (Å²) in [5.74, 6) is 0.0708. The largest absolute Gasteiger partial charge is 0.458 e. The van der Waals surface area contributed by atoms with Crippen molar-refractivity contribution in [3.05, 3.63) is 48.0 Å². The third-order valence-corrected chi connectivity index (χ3v) is 4.72. The van der Waals surface area contributed by atoms with Gasteiger partial charge in [-0.3, -0.25) is 14.5 Å². The normalized spacial score (nSPS) is 12.4. The average Bonchev–Trinajstić information content (AvgIpc) is 3.35. The quantitative estimate of drug-likeness (QED) is 0.556. The van der Waals surface area contributed by atoms with Crippen molar-refractivity contribution in [3.63, 3.8) is 0 Å². The van der Waals surface area contributed by atoms with Crippen LogP contribution in [-0.2, 0) is 16.1 Å². The number of nitrogens with zero attached hydrogens (tertiary/aromatic N) is 5. The SMILES string of the molecule is CCC[C@H](C(=O)NC(C)(C)C)N(C(=O)Cn1nnc(-c2ccc(C)o2)n1)c1cccc(F)c1. The number of tetrazole rings is 1. The highest BCUT2D eigenvalue weighted by Gasteiger charge is 2.33. The van der Waals surface area contributed by atoms with Crippen molar-refractivity contribution in [2.75, 3.05) is 4.90 Å². The Kier molecular flexibility index (Phi) is 7.25. The van der Waals surface area contributed by atoms with E-state index in [0.717, 1.165) is 4.80 Å². The summed E-state index contributed by atoms with van der Waals surface area (Å²) in [5, 5.41) is 15.0. The van der Waals surface area contributed by atoms with Crippen LogP contribution in [0, 0.1) is 12.7 Å². The fourth-order valence-corrected chi connectivity index (χ4v) is 3.39. The highest BCUT2D eigenvalue weighted by molar-refractivity contribution is 6.00. The van der Waals surface area contributed by atoms with E-state index < -0.39 is 23.3 Å². The fourth-order valence-electron chi connectivity index (χ4n) is 3.39. The molecular weight excluding hydrogens is 427 g/mol. The van der Waals surface area contributed by atoms with Crippen LogP contribution in [0.25, 0.3) is 11.6 Å². The molecule has 10 heteroatoms. The molecule has 33 heavy (non-hydrogen) atoms. The lowest BCUT2D eigenvalue weighted by molar-refractivity contribution is -0.128. The number of hydrogen-bond donors (Lipinski definition) is 1. The van der Waals surface area contributed by atoms with Gasteiger partial charge in [0.15, 0.2) is 5.76 Å². The minimum atomic E-state index is -0.834. The maximum Gasteiger partial charge on any atom is 0.251 e. The van der Waals surface area contributed by atoms with E-state index in [1.165, 1.54) is 23.1 Å². The standard InChI is InChI=1S/C23H29FN6O3/c1-6-8-18(22(32)25-23(3,4)5)30(17-10-7-9-16(24)13-17)20(31)14-29-27-21(26-28-29)19-12-11-15(2)33-19/h7,9-13,18H,6,8,14H2,1-5H3,(H,25,32)/t18-/m1/s1. The van der Waals surface area contributed by atoms with Gasteiger partial charge in [0.1, 0.15) is 24.2 Å². The van der Waals surface area contributed by atoms with E-state index in [9.17, 15) is 14.0 Å². The number of halogens is 1. The average molecular weight is 457 g/mol. The van der Waals surface area contributed by atoms with E-state index in [1.807, 2.05) is 27.7 Å². The van der Waals surface area contributed by atoms with Gasteiger partial charge < -0.3 is 9.73 Å². The Morgan fingerprint density at radius 1 is 1.24 bits per heavy atom. The molecule has 0 saturated heterocycles. The van der Waals surface area contributed by atoms with Crippen molar-refractivity contribution in [2.45, 2.75) is 65.6 Å². The van der Waals surface area contributed by atoms with Crippen molar-refractivity contribution in [1.82, 2.24) is 25.5 Å². The predicted molar refractivity (Wildman–Crippen MR) is 121 cm³/mol. The van der Waals surface area contributed by atoms with Crippen LogP contribution in [0.3, 0.4) is 0 Å². The molecule has 2 amide bonds. The van der Waals surface area contributed by atoms with Crippen LogP contribution in [0.1, 0.15) is 46.3 Å². The number of nitrogens with one attached hydrogen (secondary N) is 1. The van der Waals surface area contributed by atoms with Gasteiger partial charge in [0.2, 0.25) is 11.7 Å². The zero-order valence-corrected chi connectivity index (χ0v) is 19.5. The molecule has 0 aliphatic heterocycles. The van der Waals surface area contributed by atoms with Gasteiger partial charge in [0, 0.05) is 11.2 Å². The third kappa shape index (κ3) is 6.24. The van der Waals surface area contributed by atoms with E-state index >= 15 is 0 Å². The van der Waals surface area contributed by atoms with Gasteiger partial charge in [0.05, 0.1) is 0 Å². The van der Waals surface area contributed by atoms with Gasteiger partial charge in [-0.15, -0.1) is 10.2 Å². The number of hydrogen-bond acceptors (Lipinski definition) is 6. The number of anilines is 1. The molecule has 2 heterocycles. The molecule has 0 saturated carbocycles. The van der Waals surface area contributed by atoms with Gasteiger partial charge in [-0.2, -0.15) is 4.80 Å². The summed E-state index contributed by atoms with van der Waals surface area (Å²) < 4.78 is 19.5. The minimum Gasteiger partial charge on any atom is -0.458 e. The second-order valence-corrected chi connectivity index (χ2v) is 8.84. The van der Waals surface area contributed by atoms with Crippen molar-refractivity contribution in [1.29, 1.82) is 0 Å². The summed E-state index contributed by atoms with van der Waals surface area (Å²) in [4.78, 5) is 29.0. The molecule has 0 aliphatic carbocycles. The Hall–Kier alpha value is -3.56. The van der Waals surface area contributed by atoms with Crippen LogP contribution in [0.4, 0.5) is 10.1 Å². The summed E-state index contributed by atoms with van der Waals surface area (Å²) in [6.07, 6.45) is 1.04. The highest BCUT2D eigenvalue weighted by Crippen LogP contribution is 2.23. The van der Waals surface area contributed by atoms with Crippen LogP contribution < -0.4 is 10.2 Å². The molecule has 0 fully saturated rings. The van der Waals surface area contributed by atoms with Gasteiger partial charge in [-0.25, -0.2) is 4.39 Å². The Morgan fingerprint density at radius 2 is 2.00 bits per heavy atom. The highest BCUT2D eigenvalue weighted by atomic mass is 19.1. The van der Waals surface area contributed by atoms with E-state index in [0.29, 0.717) is 24.4 Å². The van der Waals surface area contributed by atoms with Crippen LogP contribution >= 0.6 is 0 Å². The number of carbonyl (C=O) groups excluding carboxylic acids is 2. The zero-order chi connectivity index (χ0) is 24.2. The molecular formula is C23H29FN6O3. The van der Waals surface area contributed by atoms with E-state index in [1.54, 1.807) is 25.1 Å². The van der Waals surface area contributed by atoms with E-state index in [4.69, 9.17) is 4.42 Å². The molecule has 3 aromatic rings. The lowest BCUT2D eigenvalue weighted by Crippen LogP contribution is -2.54. The van der Waals surface area contributed by atoms with Gasteiger partial charge in [-0.1, -0.05) is 19.4 Å².